The SMILES string of the molecule is O=C1C2=C(O)C=C(c3nccs3)C[N+]2([O-])C=CN1Cc1cccc(Cl)c1. The number of benzene rings is 1. The number of aromatic nitrogens is 1. The van der Waals surface area contributed by atoms with Gasteiger partial charge in [0, 0.05) is 22.2 Å². The number of amides is 1. The van der Waals surface area contributed by atoms with Gasteiger partial charge in [0.2, 0.25) is 5.70 Å². The fraction of sp³-hybridized carbons (Fsp3) is 0.111. The summed E-state index contributed by atoms with van der Waals surface area (Å²) >= 11 is 7.36. The van der Waals surface area contributed by atoms with E-state index >= 15 is 0 Å². The van der Waals surface area contributed by atoms with Crippen molar-refractivity contribution >= 4 is 34.4 Å². The highest BCUT2D eigenvalue weighted by Crippen LogP contribution is 2.36. The van der Waals surface area contributed by atoms with E-state index in [1.807, 2.05) is 6.07 Å². The zero-order chi connectivity index (χ0) is 18.3. The first-order valence-electron chi connectivity index (χ1n) is 7.84. The molecule has 2 aliphatic heterocycles. The minimum absolute atomic E-state index is 0.0140. The molecule has 2 aliphatic rings. The number of carbonyl (C=O) groups is 1. The fourth-order valence-electron chi connectivity index (χ4n) is 3.06. The van der Waals surface area contributed by atoms with Crippen LogP contribution in [0.5, 0.6) is 0 Å². The third-order valence-corrected chi connectivity index (χ3v) is 5.32. The van der Waals surface area contributed by atoms with Gasteiger partial charge in [-0.3, -0.25) is 9.44 Å². The van der Waals surface area contributed by atoms with Gasteiger partial charge in [-0.25, -0.2) is 4.98 Å². The maximum absolute atomic E-state index is 13.2. The van der Waals surface area contributed by atoms with Gasteiger partial charge in [-0.2, -0.15) is 0 Å². The molecule has 2 aromatic rings. The van der Waals surface area contributed by atoms with Crippen LogP contribution in [-0.4, -0.2) is 32.1 Å². The molecule has 1 aromatic heterocycles. The van der Waals surface area contributed by atoms with Crippen molar-refractivity contribution in [2.75, 3.05) is 6.54 Å². The first-order chi connectivity index (χ1) is 12.5. The second-order valence-electron chi connectivity index (χ2n) is 6.06. The summed E-state index contributed by atoms with van der Waals surface area (Å²) in [7, 11) is 0. The van der Waals surface area contributed by atoms with Crippen LogP contribution < -0.4 is 0 Å². The number of aliphatic hydroxyl groups excluding tert-OH is 1. The average Bonchev–Trinajstić information content (AvgIpc) is 3.12. The summed E-state index contributed by atoms with van der Waals surface area (Å²) in [6, 6.07) is 7.14. The molecular formula is C18H14ClN3O3S. The number of hydrogen-bond acceptors (Lipinski definition) is 5. The highest BCUT2D eigenvalue weighted by molar-refractivity contribution is 7.10. The van der Waals surface area contributed by atoms with E-state index in [0.29, 0.717) is 15.6 Å². The van der Waals surface area contributed by atoms with Crippen molar-refractivity contribution in [3.8, 4) is 0 Å². The molecule has 0 saturated carbocycles. The Kier molecular flexibility index (Phi) is 4.16. The first-order valence-corrected chi connectivity index (χ1v) is 9.10. The number of fused-ring (bicyclic) bond motifs is 1. The maximum atomic E-state index is 13.2. The van der Waals surface area contributed by atoms with Gasteiger partial charge in [0.1, 0.15) is 17.8 Å². The number of rotatable bonds is 3. The molecule has 1 amide bonds. The predicted molar refractivity (Wildman–Crippen MR) is 99.4 cm³/mol. The number of allylic oxidation sites excluding steroid dienone is 1. The molecule has 0 saturated heterocycles. The molecule has 4 rings (SSSR count). The first kappa shape index (κ1) is 17.0. The monoisotopic (exact) mass is 387 g/mol. The number of thiazole rings is 1. The molecular weight excluding hydrogens is 374 g/mol. The molecule has 0 spiro atoms. The van der Waals surface area contributed by atoms with Gasteiger partial charge in [0.05, 0.1) is 12.7 Å². The quantitative estimate of drug-likeness (QED) is 0.642. The van der Waals surface area contributed by atoms with Crippen LogP contribution in [0.1, 0.15) is 10.6 Å². The summed E-state index contributed by atoms with van der Waals surface area (Å²) < 4.78 is -1.03. The van der Waals surface area contributed by atoms with Gasteiger partial charge >= 0.3 is 5.91 Å². The van der Waals surface area contributed by atoms with Gasteiger partial charge < -0.3 is 15.2 Å². The number of hydrogen-bond donors (Lipinski definition) is 1. The Morgan fingerprint density at radius 3 is 3.00 bits per heavy atom. The van der Waals surface area contributed by atoms with Gasteiger partial charge in [0.15, 0.2) is 5.76 Å². The lowest BCUT2D eigenvalue weighted by Gasteiger charge is -2.45. The van der Waals surface area contributed by atoms with Crippen LogP contribution >= 0.6 is 22.9 Å². The number of quaternary nitrogens is 1. The van der Waals surface area contributed by atoms with Crippen LogP contribution in [0, 0.1) is 5.21 Å². The highest BCUT2D eigenvalue weighted by Gasteiger charge is 2.41. The lowest BCUT2D eigenvalue weighted by Crippen LogP contribution is -2.49. The second kappa shape index (κ2) is 6.37. The smallest absolute Gasteiger partial charge is 0.317 e. The van der Waals surface area contributed by atoms with E-state index in [4.69, 9.17) is 11.6 Å². The van der Waals surface area contributed by atoms with Crippen LogP contribution in [-0.2, 0) is 11.3 Å². The van der Waals surface area contributed by atoms with E-state index < -0.39 is 10.6 Å². The number of nitrogens with zero attached hydrogens (tertiary/aromatic N) is 3. The highest BCUT2D eigenvalue weighted by atomic mass is 35.5. The lowest BCUT2D eigenvalue weighted by molar-refractivity contribution is -0.779. The Hall–Kier alpha value is -2.45. The molecule has 3 heterocycles. The van der Waals surface area contributed by atoms with Gasteiger partial charge in [-0.15, -0.1) is 11.3 Å². The molecule has 1 unspecified atom stereocenters. The third-order valence-electron chi connectivity index (χ3n) is 4.24. The number of hydroxylamine groups is 3. The standard InChI is InChI=1S/C18H14ClN3O3S/c19-14-3-1-2-12(8-14)10-21-5-6-22(25)11-13(17-20-4-7-26-17)9-15(23)16(22)18(21)24/h1-9,23H,10-11H2. The lowest BCUT2D eigenvalue weighted by atomic mass is 10.1. The Morgan fingerprint density at radius 2 is 2.27 bits per heavy atom. The van der Waals surface area contributed by atoms with Gasteiger partial charge in [-0.1, -0.05) is 23.7 Å². The van der Waals surface area contributed by atoms with Crippen LogP contribution in [0.2, 0.25) is 5.02 Å². The molecule has 1 atom stereocenters. The minimum Gasteiger partial charge on any atom is -0.622 e. The second-order valence-corrected chi connectivity index (χ2v) is 7.39. The molecule has 132 valence electrons. The largest absolute Gasteiger partial charge is 0.622 e. The van der Waals surface area contributed by atoms with Crippen LogP contribution in [0.15, 0.2) is 65.8 Å². The van der Waals surface area contributed by atoms with E-state index in [2.05, 4.69) is 4.98 Å². The van der Waals surface area contributed by atoms with Crippen molar-refractivity contribution in [1.29, 1.82) is 0 Å². The fourth-order valence-corrected chi connectivity index (χ4v) is 3.92. The number of carbonyl (C=O) groups excluding carboxylic acids is 1. The normalized spacial score (nSPS) is 22.5. The molecule has 8 heteroatoms. The van der Waals surface area contributed by atoms with E-state index in [-0.39, 0.29) is 24.5 Å². The van der Waals surface area contributed by atoms with Crippen molar-refractivity contribution in [1.82, 2.24) is 9.88 Å². The summed E-state index contributed by atoms with van der Waals surface area (Å²) in [5, 5.41) is 26.6. The van der Waals surface area contributed by atoms with E-state index in [1.165, 1.54) is 34.7 Å². The average molecular weight is 388 g/mol. The third kappa shape index (κ3) is 2.95. The summed E-state index contributed by atoms with van der Waals surface area (Å²) in [6.45, 7) is 0.274. The van der Waals surface area contributed by atoms with Crippen molar-refractivity contribution in [2.24, 2.45) is 0 Å². The Bertz CT molecular complexity index is 968. The molecule has 0 fully saturated rings. The maximum Gasteiger partial charge on any atom is 0.317 e. The molecule has 0 aliphatic carbocycles. The Labute approximate surface area is 158 Å². The zero-order valence-corrected chi connectivity index (χ0v) is 15.1. The molecule has 26 heavy (non-hydrogen) atoms. The number of aliphatic hydroxyl groups is 1. The van der Waals surface area contributed by atoms with Gasteiger partial charge in [0.25, 0.3) is 0 Å². The van der Waals surface area contributed by atoms with Crippen molar-refractivity contribution in [3.63, 3.8) is 0 Å². The van der Waals surface area contributed by atoms with E-state index in [9.17, 15) is 15.1 Å². The summed E-state index contributed by atoms with van der Waals surface area (Å²) in [6.07, 6.45) is 5.93. The molecule has 0 radical (unpaired) electrons. The topological polar surface area (TPSA) is 76.5 Å². The summed E-state index contributed by atoms with van der Waals surface area (Å²) in [5.74, 6) is -0.837. The van der Waals surface area contributed by atoms with Gasteiger partial charge in [-0.05, 0) is 23.8 Å². The summed E-state index contributed by atoms with van der Waals surface area (Å²) in [4.78, 5) is 18.4. The Morgan fingerprint density at radius 1 is 1.42 bits per heavy atom. The minimum atomic E-state index is -1.03. The van der Waals surface area contributed by atoms with Crippen molar-refractivity contribution in [2.45, 2.75) is 6.54 Å². The van der Waals surface area contributed by atoms with E-state index in [0.717, 1.165) is 5.56 Å². The predicted octanol–water partition coefficient (Wildman–Crippen LogP) is 3.79. The van der Waals surface area contributed by atoms with Crippen molar-refractivity contribution in [3.05, 3.63) is 86.6 Å². The molecule has 0 bridgehead atoms. The van der Waals surface area contributed by atoms with Crippen LogP contribution in [0.4, 0.5) is 0 Å². The Balaban J connectivity index is 1.68. The zero-order valence-electron chi connectivity index (χ0n) is 13.5. The molecule has 1 N–H and O–H groups in total. The van der Waals surface area contributed by atoms with Crippen LogP contribution in [0.3, 0.4) is 0 Å². The van der Waals surface area contributed by atoms with E-state index in [1.54, 1.807) is 29.8 Å². The molecule has 6 nitrogen and oxygen atoms in total. The summed E-state index contributed by atoms with van der Waals surface area (Å²) in [5.41, 5.74) is 1.25. The van der Waals surface area contributed by atoms with Crippen molar-refractivity contribution < 1.29 is 14.5 Å². The van der Waals surface area contributed by atoms with Crippen LogP contribution in [0.25, 0.3) is 5.57 Å². The number of halogens is 1. The molecule has 1 aromatic carbocycles.